The standard InChI is InChI=1S/C31H38ClN3O5S/c1-7-23(4)33-31(37)24(5)34(19-25-9-8-10-28(18-25)40-6)30(36)20-35(27-14-11-21(2)22(3)17-27)41(38,39)29-15-12-26(32)13-16-29/h8-18,23-24H,7,19-20H2,1-6H3,(H,33,37). The van der Waals surface area contributed by atoms with Crippen molar-refractivity contribution in [3.8, 4) is 5.75 Å². The predicted octanol–water partition coefficient (Wildman–Crippen LogP) is 5.49. The molecule has 2 unspecified atom stereocenters. The van der Waals surface area contributed by atoms with Gasteiger partial charge in [-0.1, -0.05) is 36.7 Å². The van der Waals surface area contributed by atoms with Crippen molar-refractivity contribution in [1.82, 2.24) is 10.2 Å². The first-order chi connectivity index (χ1) is 19.4. The van der Waals surface area contributed by atoms with Gasteiger partial charge in [0.05, 0.1) is 17.7 Å². The fraction of sp³-hybridized carbons (Fsp3) is 0.355. The van der Waals surface area contributed by atoms with E-state index in [9.17, 15) is 18.0 Å². The first-order valence-corrected chi connectivity index (χ1v) is 15.3. The molecule has 0 heterocycles. The second-order valence-corrected chi connectivity index (χ2v) is 12.4. The molecule has 1 N–H and O–H groups in total. The molecule has 0 bridgehead atoms. The average molecular weight is 600 g/mol. The van der Waals surface area contributed by atoms with Gasteiger partial charge in [-0.3, -0.25) is 13.9 Å². The van der Waals surface area contributed by atoms with Gasteiger partial charge in [0.15, 0.2) is 0 Å². The molecule has 3 aromatic rings. The van der Waals surface area contributed by atoms with Gasteiger partial charge in [0.2, 0.25) is 11.8 Å². The Labute approximate surface area is 248 Å². The van der Waals surface area contributed by atoms with Gasteiger partial charge in [0.25, 0.3) is 10.0 Å². The number of ether oxygens (including phenoxy) is 1. The van der Waals surface area contributed by atoms with Crippen LogP contribution in [0.5, 0.6) is 5.75 Å². The second-order valence-electron chi connectivity index (χ2n) is 10.1. The molecule has 10 heteroatoms. The third-order valence-electron chi connectivity index (χ3n) is 7.11. The Balaban J connectivity index is 2.06. The highest BCUT2D eigenvalue weighted by molar-refractivity contribution is 7.92. The van der Waals surface area contributed by atoms with Crippen LogP contribution in [0.2, 0.25) is 5.02 Å². The quantitative estimate of drug-likeness (QED) is 0.297. The highest BCUT2D eigenvalue weighted by atomic mass is 35.5. The van der Waals surface area contributed by atoms with Gasteiger partial charge >= 0.3 is 0 Å². The SMILES string of the molecule is CCC(C)NC(=O)C(C)N(Cc1cccc(OC)c1)C(=O)CN(c1ccc(C)c(C)c1)S(=O)(=O)c1ccc(Cl)cc1. The van der Waals surface area contributed by atoms with Crippen molar-refractivity contribution in [3.05, 3.63) is 88.4 Å². The van der Waals surface area contributed by atoms with Gasteiger partial charge in [-0.05, 0) is 99.3 Å². The maximum atomic E-state index is 14.1. The van der Waals surface area contributed by atoms with Crippen molar-refractivity contribution in [2.75, 3.05) is 18.0 Å². The Kier molecular flexibility index (Phi) is 10.8. The number of rotatable bonds is 12. The van der Waals surface area contributed by atoms with Crippen molar-refractivity contribution >= 4 is 39.1 Å². The lowest BCUT2D eigenvalue weighted by Crippen LogP contribution is -2.52. The number of aryl methyl sites for hydroxylation is 2. The Bertz CT molecular complexity index is 1480. The van der Waals surface area contributed by atoms with E-state index in [2.05, 4.69) is 5.32 Å². The summed E-state index contributed by atoms with van der Waals surface area (Å²) >= 11 is 6.02. The number of nitrogens with one attached hydrogen (secondary N) is 1. The molecule has 2 atom stereocenters. The van der Waals surface area contributed by atoms with Crippen LogP contribution in [0.1, 0.15) is 43.9 Å². The third kappa shape index (κ3) is 8.01. The number of hydrogen-bond acceptors (Lipinski definition) is 5. The molecule has 0 saturated carbocycles. The lowest BCUT2D eigenvalue weighted by Gasteiger charge is -2.32. The Morgan fingerprint density at radius 2 is 1.66 bits per heavy atom. The van der Waals surface area contributed by atoms with Crippen molar-refractivity contribution in [1.29, 1.82) is 0 Å². The number of sulfonamides is 1. The van der Waals surface area contributed by atoms with Gasteiger partial charge < -0.3 is 15.0 Å². The van der Waals surface area contributed by atoms with E-state index in [0.717, 1.165) is 27.4 Å². The maximum absolute atomic E-state index is 14.1. The minimum Gasteiger partial charge on any atom is -0.497 e. The zero-order valence-corrected chi connectivity index (χ0v) is 25.9. The largest absolute Gasteiger partial charge is 0.497 e. The number of methoxy groups -OCH3 is 1. The molecule has 2 amide bonds. The highest BCUT2D eigenvalue weighted by Gasteiger charge is 2.33. The molecular formula is C31H38ClN3O5S. The first-order valence-electron chi connectivity index (χ1n) is 13.5. The van der Waals surface area contributed by atoms with E-state index in [1.165, 1.54) is 29.2 Å². The number of hydrogen-bond donors (Lipinski definition) is 1. The summed E-state index contributed by atoms with van der Waals surface area (Å²) in [7, 11) is -2.63. The number of carbonyl (C=O) groups is 2. The van der Waals surface area contributed by atoms with Crippen LogP contribution in [0.4, 0.5) is 5.69 Å². The van der Waals surface area contributed by atoms with E-state index in [-0.39, 0.29) is 23.4 Å². The molecule has 0 aliphatic rings. The maximum Gasteiger partial charge on any atom is 0.264 e. The summed E-state index contributed by atoms with van der Waals surface area (Å²) in [6.07, 6.45) is 0.724. The lowest BCUT2D eigenvalue weighted by atomic mass is 10.1. The molecule has 0 aromatic heterocycles. The Morgan fingerprint density at radius 3 is 2.27 bits per heavy atom. The monoisotopic (exact) mass is 599 g/mol. The smallest absolute Gasteiger partial charge is 0.264 e. The minimum absolute atomic E-state index is 0.00478. The molecule has 3 aromatic carbocycles. The van der Waals surface area contributed by atoms with E-state index in [0.29, 0.717) is 16.5 Å². The fourth-order valence-electron chi connectivity index (χ4n) is 4.16. The number of anilines is 1. The normalized spacial score (nSPS) is 12.8. The van der Waals surface area contributed by atoms with Gasteiger partial charge in [0.1, 0.15) is 18.3 Å². The van der Waals surface area contributed by atoms with E-state index < -0.39 is 28.5 Å². The number of carbonyl (C=O) groups excluding carboxylic acids is 2. The first kappa shape index (κ1) is 32.0. The average Bonchev–Trinajstić information content (AvgIpc) is 2.95. The van der Waals surface area contributed by atoms with Gasteiger partial charge in [0, 0.05) is 17.6 Å². The molecule has 220 valence electrons. The second kappa shape index (κ2) is 13.9. The molecule has 0 saturated heterocycles. The van der Waals surface area contributed by atoms with Crippen LogP contribution in [-0.4, -0.2) is 50.9 Å². The Morgan fingerprint density at radius 1 is 0.976 bits per heavy atom. The molecule has 0 radical (unpaired) electrons. The predicted molar refractivity (Wildman–Crippen MR) is 163 cm³/mol. The molecule has 0 spiro atoms. The van der Waals surface area contributed by atoms with Crippen LogP contribution in [0.3, 0.4) is 0 Å². The van der Waals surface area contributed by atoms with Crippen molar-refractivity contribution < 1.29 is 22.7 Å². The van der Waals surface area contributed by atoms with Gasteiger partial charge in [-0.2, -0.15) is 0 Å². The number of benzene rings is 3. The van der Waals surface area contributed by atoms with Crippen molar-refractivity contribution in [2.24, 2.45) is 0 Å². The van der Waals surface area contributed by atoms with Crippen LogP contribution in [0.25, 0.3) is 0 Å². The minimum atomic E-state index is -4.17. The summed E-state index contributed by atoms with van der Waals surface area (Å²) < 4.78 is 34.3. The number of amides is 2. The molecule has 0 aliphatic carbocycles. The van der Waals surface area contributed by atoms with Gasteiger partial charge in [-0.25, -0.2) is 8.42 Å². The third-order valence-corrected chi connectivity index (χ3v) is 9.15. The van der Waals surface area contributed by atoms with E-state index >= 15 is 0 Å². The van der Waals surface area contributed by atoms with Crippen LogP contribution < -0.4 is 14.4 Å². The van der Waals surface area contributed by atoms with Crippen molar-refractivity contribution in [3.63, 3.8) is 0 Å². The molecular weight excluding hydrogens is 562 g/mol. The molecule has 8 nitrogen and oxygen atoms in total. The summed E-state index contributed by atoms with van der Waals surface area (Å²) in [4.78, 5) is 28.6. The van der Waals surface area contributed by atoms with E-state index in [1.54, 1.807) is 44.4 Å². The summed E-state index contributed by atoms with van der Waals surface area (Å²) in [6.45, 7) is 8.85. The molecule has 0 fully saturated rings. The number of nitrogens with zero attached hydrogens (tertiary/aromatic N) is 2. The van der Waals surface area contributed by atoms with Crippen LogP contribution in [0, 0.1) is 13.8 Å². The van der Waals surface area contributed by atoms with Crippen molar-refractivity contribution in [2.45, 2.75) is 64.6 Å². The molecule has 41 heavy (non-hydrogen) atoms. The number of halogens is 1. The topological polar surface area (TPSA) is 96.0 Å². The summed E-state index contributed by atoms with van der Waals surface area (Å²) in [5, 5.41) is 3.32. The van der Waals surface area contributed by atoms with Crippen LogP contribution >= 0.6 is 11.6 Å². The van der Waals surface area contributed by atoms with E-state index in [1.807, 2.05) is 39.8 Å². The van der Waals surface area contributed by atoms with Crippen LogP contribution in [-0.2, 0) is 26.2 Å². The molecule has 3 rings (SSSR count). The summed E-state index contributed by atoms with van der Waals surface area (Å²) in [5.41, 5.74) is 2.94. The van der Waals surface area contributed by atoms with Crippen LogP contribution in [0.15, 0.2) is 71.6 Å². The van der Waals surface area contributed by atoms with Gasteiger partial charge in [-0.15, -0.1) is 0 Å². The molecule has 0 aliphatic heterocycles. The fourth-order valence-corrected chi connectivity index (χ4v) is 5.69. The zero-order chi connectivity index (χ0) is 30.3. The highest BCUT2D eigenvalue weighted by Crippen LogP contribution is 2.27. The Hall–Kier alpha value is -3.56. The summed E-state index contributed by atoms with van der Waals surface area (Å²) in [6, 6.07) is 17.3. The van der Waals surface area contributed by atoms with E-state index in [4.69, 9.17) is 16.3 Å². The zero-order valence-electron chi connectivity index (χ0n) is 24.3. The lowest BCUT2D eigenvalue weighted by molar-refractivity contribution is -0.139. The summed E-state index contributed by atoms with van der Waals surface area (Å²) in [5.74, 6) is -0.252.